The minimum atomic E-state index is -3.41. The Kier molecular flexibility index (Phi) is 2.70. The van der Waals surface area contributed by atoms with Gasteiger partial charge in [-0.3, -0.25) is 4.72 Å². The minimum absolute atomic E-state index is 0.240. The van der Waals surface area contributed by atoms with Gasteiger partial charge in [0, 0.05) is 12.0 Å². The number of benzene rings is 1. The number of para-hydroxylation sites is 1. The van der Waals surface area contributed by atoms with Crippen LogP contribution in [0.25, 0.3) is 0 Å². The number of hydrogen-bond acceptors (Lipinski definition) is 4. The molecule has 0 spiro atoms. The molecule has 0 aliphatic carbocycles. The van der Waals surface area contributed by atoms with Crippen LogP contribution in [0.15, 0.2) is 18.2 Å². The third-order valence-electron chi connectivity index (χ3n) is 2.33. The van der Waals surface area contributed by atoms with E-state index in [1.807, 2.05) is 0 Å². The molecule has 0 radical (unpaired) electrons. The number of anilines is 1. The molecule has 1 aliphatic heterocycles. The van der Waals surface area contributed by atoms with Crippen molar-refractivity contribution >= 4 is 21.7 Å². The lowest BCUT2D eigenvalue weighted by molar-refractivity contribution is -0.144. The molecule has 1 aromatic carbocycles. The van der Waals surface area contributed by atoms with Crippen LogP contribution in [-0.4, -0.2) is 31.9 Å². The first-order valence-electron chi connectivity index (χ1n) is 4.86. The average molecular weight is 257 g/mol. The van der Waals surface area contributed by atoms with Crippen molar-refractivity contribution in [1.82, 2.24) is 0 Å². The van der Waals surface area contributed by atoms with Crippen molar-refractivity contribution in [1.29, 1.82) is 0 Å². The summed E-state index contributed by atoms with van der Waals surface area (Å²) < 4.78 is 29.8. The molecule has 92 valence electrons. The molecule has 17 heavy (non-hydrogen) atoms. The van der Waals surface area contributed by atoms with Crippen LogP contribution < -0.4 is 9.46 Å². The van der Waals surface area contributed by atoms with Gasteiger partial charge in [-0.25, -0.2) is 13.2 Å². The van der Waals surface area contributed by atoms with E-state index >= 15 is 0 Å². The van der Waals surface area contributed by atoms with E-state index in [0.29, 0.717) is 11.3 Å². The smallest absolute Gasteiger partial charge is 0.345 e. The van der Waals surface area contributed by atoms with Crippen LogP contribution >= 0.6 is 0 Å². The molecule has 0 bridgehead atoms. The topological polar surface area (TPSA) is 92.7 Å². The molecule has 6 nitrogen and oxygen atoms in total. The SMILES string of the molecule is CS(=O)(=O)Nc1cccc2c1OC(C(=O)O)C2. The zero-order valence-corrected chi connectivity index (χ0v) is 9.82. The highest BCUT2D eigenvalue weighted by atomic mass is 32.2. The van der Waals surface area contributed by atoms with Gasteiger partial charge in [-0.05, 0) is 6.07 Å². The van der Waals surface area contributed by atoms with Crippen LogP contribution in [0, 0.1) is 0 Å². The highest BCUT2D eigenvalue weighted by Crippen LogP contribution is 2.36. The van der Waals surface area contributed by atoms with E-state index in [1.54, 1.807) is 12.1 Å². The lowest BCUT2D eigenvalue weighted by Gasteiger charge is -2.10. The van der Waals surface area contributed by atoms with Gasteiger partial charge < -0.3 is 9.84 Å². The molecule has 1 unspecified atom stereocenters. The summed E-state index contributed by atoms with van der Waals surface area (Å²) in [5.74, 6) is -0.767. The number of rotatable bonds is 3. The standard InChI is InChI=1S/C10H11NO5S/c1-17(14,15)11-7-4-2-3-6-5-8(10(12)13)16-9(6)7/h2-4,8,11H,5H2,1H3,(H,12,13). The van der Waals surface area contributed by atoms with Gasteiger partial charge in [0.15, 0.2) is 6.10 Å². The minimum Gasteiger partial charge on any atom is -0.478 e. The van der Waals surface area contributed by atoms with Gasteiger partial charge in [0.1, 0.15) is 5.75 Å². The molecule has 2 rings (SSSR count). The first kappa shape index (κ1) is 11.7. The monoisotopic (exact) mass is 257 g/mol. The summed E-state index contributed by atoms with van der Waals surface area (Å²) in [5.41, 5.74) is 0.958. The molecule has 0 saturated heterocycles. The lowest BCUT2D eigenvalue weighted by Crippen LogP contribution is -2.24. The molecular weight excluding hydrogens is 246 g/mol. The highest BCUT2D eigenvalue weighted by molar-refractivity contribution is 7.92. The Labute approximate surface area is 98.3 Å². The zero-order chi connectivity index (χ0) is 12.6. The van der Waals surface area contributed by atoms with Crippen LogP contribution in [0.3, 0.4) is 0 Å². The fourth-order valence-corrected chi connectivity index (χ4v) is 2.25. The second-order valence-corrected chi connectivity index (χ2v) is 5.57. The maximum atomic E-state index is 11.1. The van der Waals surface area contributed by atoms with Crippen molar-refractivity contribution in [3.63, 3.8) is 0 Å². The van der Waals surface area contributed by atoms with Gasteiger partial charge in [-0.2, -0.15) is 0 Å². The van der Waals surface area contributed by atoms with E-state index in [-0.39, 0.29) is 12.1 Å². The van der Waals surface area contributed by atoms with E-state index in [1.165, 1.54) is 6.07 Å². The van der Waals surface area contributed by atoms with Crippen molar-refractivity contribution in [2.45, 2.75) is 12.5 Å². The first-order chi connectivity index (χ1) is 7.87. The number of ether oxygens (including phenoxy) is 1. The van der Waals surface area contributed by atoms with E-state index in [0.717, 1.165) is 6.26 Å². The summed E-state index contributed by atoms with van der Waals surface area (Å²) in [6, 6.07) is 4.90. The fourth-order valence-electron chi connectivity index (χ4n) is 1.69. The second kappa shape index (κ2) is 3.92. The van der Waals surface area contributed by atoms with E-state index < -0.39 is 22.1 Å². The van der Waals surface area contributed by atoms with Crippen LogP contribution in [0.4, 0.5) is 5.69 Å². The van der Waals surface area contributed by atoms with E-state index in [4.69, 9.17) is 9.84 Å². The van der Waals surface area contributed by atoms with Crippen molar-refractivity contribution in [3.05, 3.63) is 23.8 Å². The number of carboxylic acids is 1. The van der Waals surface area contributed by atoms with Gasteiger partial charge >= 0.3 is 5.97 Å². The third kappa shape index (κ3) is 2.50. The molecule has 0 fully saturated rings. The number of aliphatic carboxylic acids is 1. The summed E-state index contributed by atoms with van der Waals surface area (Å²) in [4.78, 5) is 10.8. The van der Waals surface area contributed by atoms with Crippen LogP contribution in [0.5, 0.6) is 5.75 Å². The summed E-state index contributed by atoms with van der Waals surface area (Å²) in [6.45, 7) is 0. The quantitative estimate of drug-likeness (QED) is 0.820. The lowest BCUT2D eigenvalue weighted by atomic mass is 10.1. The normalized spacial score (nSPS) is 18.3. The van der Waals surface area contributed by atoms with E-state index in [2.05, 4.69) is 4.72 Å². The van der Waals surface area contributed by atoms with Crippen molar-refractivity contribution in [2.24, 2.45) is 0 Å². The number of fused-ring (bicyclic) bond motifs is 1. The number of carboxylic acid groups (broad SMARTS) is 1. The Hall–Kier alpha value is -1.76. The van der Waals surface area contributed by atoms with Crippen LogP contribution in [-0.2, 0) is 21.2 Å². The Morgan fingerprint density at radius 2 is 2.24 bits per heavy atom. The number of hydrogen-bond donors (Lipinski definition) is 2. The van der Waals surface area contributed by atoms with Crippen LogP contribution in [0.1, 0.15) is 5.56 Å². The van der Waals surface area contributed by atoms with Gasteiger partial charge in [0.25, 0.3) is 0 Å². The molecule has 1 aromatic rings. The maximum absolute atomic E-state index is 11.1. The third-order valence-corrected chi connectivity index (χ3v) is 2.92. The van der Waals surface area contributed by atoms with Crippen LogP contribution in [0.2, 0.25) is 0 Å². The van der Waals surface area contributed by atoms with Gasteiger partial charge in [-0.1, -0.05) is 12.1 Å². The average Bonchev–Trinajstić information content (AvgIpc) is 2.60. The first-order valence-corrected chi connectivity index (χ1v) is 6.75. The van der Waals surface area contributed by atoms with E-state index in [9.17, 15) is 13.2 Å². The number of carbonyl (C=O) groups is 1. The molecule has 0 amide bonds. The summed E-state index contributed by atoms with van der Waals surface area (Å²) in [7, 11) is -3.41. The van der Waals surface area contributed by atoms with Crippen molar-refractivity contribution in [2.75, 3.05) is 11.0 Å². The highest BCUT2D eigenvalue weighted by Gasteiger charge is 2.30. The molecule has 1 heterocycles. The maximum Gasteiger partial charge on any atom is 0.345 e. The second-order valence-electron chi connectivity index (χ2n) is 3.82. The Morgan fingerprint density at radius 3 is 2.82 bits per heavy atom. The van der Waals surface area contributed by atoms with Gasteiger partial charge in [0.2, 0.25) is 10.0 Å². The largest absolute Gasteiger partial charge is 0.478 e. The Balaban J connectivity index is 2.35. The molecular formula is C10H11NO5S. The molecule has 2 N–H and O–H groups in total. The predicted octanol–water partition coefficient (Wildman–Crippen LogP) is 0.446. The molecule has 1 atom stereocenters. The zero-order valence-electron chi connectivity index (χ0n) is 9.00. The van der Waals surface area contributed by atoms with Gasteiger partial charge in [0.05, 0.1) is 11.9 Å². The molecule has 0 saturated carbocycles. The molecule has 1 aliphatic rings. The molecule has 7 heteroatoms. The van der Waals surface area contributed by atoms with Crippen molar-refractivity contribution < 1.29 is 23.1 Å². The summed E-state index contributed by atoms with van der Waals surface area (Å²) in [6.07, 6.45) is 0.312. The van der Waals surface area contributed by atoms with Crippen molar-refractivity contribution in [3.8, 4) is 5.75 Å². The predicted molar refractivity (Wildman–Crippen MR) is 60.7 cm³/mol. The Bertz CT molecular complexity index is 566. The fraction of sp³-hybridized carbons (Fsp3) is 0.300. The summed E-state index contributed by atoms with van der Waals surface area (Å²) >= 11 is 0. The summed E-state index contributed by atoms with van der Waals surface area (Å²) in [5, 5.41) is 8.85. The number of nitrogens with one attached hydrogen (secondary N) is 1. The van der Waals surface area contributed by atoms with Gasteiger partial charge in [-0.15, -0.1) is 0 Å². The Morgan fingerprint density at radius 1 is 1.53 bits per heavy atom. The number of sulfonamides is 1. The molecule has 0 aromatic heterocycles.